The van der Waals surface area contributed by atoms with Crippen LogP contribution in [0.4, 0.5) is 0 Å². The maximum absolute atomic E-state index is 11.4. The molecule has 0 atom stereocenters. The zero-order valence-corrected chi connectivity index (χ0v) is 21.4. The number of aromatic carboxylic acids is 1. The van der Waals surface area contributed by atoms with Gasteiger partial charge in [0, 0.05) is 12.4 Å². The van der Waals surface area contributed by atoms with Crippen molar-refractivity contribution in [1.29, 1.82) is 0 Å². The molecule has 0 aliphatic carbocycles. The van der Waals surface area contributed by atoms with Crippen molar-refractivity contribution in [1.82, 2.24) is 15.0 Å². The van der Waals surface area contributed by atoms with Gasteiger partial charge in [-0.2, -0.15) is 15.5 Å². The molecule has 8 nitrogen and oxygen atoms in total. The maximum Gasteiger partial charge on any atom is 3.00 e. The van der Waals surface area contributed by atoms with Gasteiger partial charge in [0.15, 0.2) is 0 Å². The first-order valence-electron chi connectivity index (χ1n) is 8.43. The molecule has 3 heterocycles. The molecular weight excluding hydrogens is 566 g/mol. The summed E-state index contributed by atoms with van der Waals surface area (Å²) in [6.07, 6.45) is 3.37. The summed E-state index contributed by atoms with van der Waals surface area (Å²) >= 11 is 11.1. The molecule has 0 saturated carbocycles. The monoisotopic (exact) mass is 581 g/mol. The van der Waals surface area contributed by atoms with E-state index in [2.05, 4.69) is 51.6 Å². The van der Waals surface area contributed by atoms with Gasteiger partial charge >= 0.3 is 25.4 Å². The van der Waals surface area contributed by atoms with Crippen molar-refractivity contribution in [3.05, 3.63) is 81.7 Å². The van der Waals surface area contributed by atoms with Gasteiger partial charge < -0.3 is 21.3 Å². The minimum Gasteiger partial charge on any atom is -0.753 e. The Balaban J connectivity index is 0. The smallest absolute Gasteiger partial charge is 0.753 e. The Morgan fingerprint density at radius 2 is 1.12 bits per heavy atom. The first-order valence-corrected chi connectivity index (χ1v) is 9.65. The van der Waals surface area contributed by atoms with Crippen LogP contribution in [0.1, 0.15) is 21.5 Å². The van der Waals surface area contributed by atoms with Crippen molar-refractivity contribution in [2.24, 2.45) is 0 Å². The maximum atomic E-state index is 11.4. The SMILES string of the molecule is Cc1ccnc(-c2cc(C(=O)O)cc(-c3cc(C)ccn3)n2)c1.[N-]=C=S.[N-]=C=S.[N-]=C=S.[Ru+3]. The molecule has 0 unspecified atom stereocenters. The second kappa shape index (κ2) is 18.5. The van der Waals surface area contributed by atoms with Crippen LogP contribution in [-0.2, 0) is 19.5 Å². The Bertz CT molecular complexity index is 1080. The standard InChI is InChI=1S/C18H15N3O2.3CNS.Ru/c1-11-3-5-19-14(7-11)16-9-13(18(22)23)10-17(21-16)15-8-12(2)4-6-20-15;3*2-1-3;/h3-10H,1-2H3,(H,22,23);;;;/q;3*-1;+3. The number of hydrogen-bond acceptors (Lipinski definition) is 7. The van der Waals surface area contributed by atoms with Crippen LogP contribution in [0.3, 0.4) is 0 Å². The van der Waals surface area contributed by atoms with Crippen molar-refractivity contribution in [2.45, 2.75) is 13.8 Å². The molecule has 0 aliphatic heterocycles. The van der Waals surface area contributed by atoms with Crippen LogP contribution in [0.2, 0.25) is 0 Å². The normalized spacial score (nSPS) is 8.06. The van der Waals surface area contributed by atoms with Gasteiger partial charge in [0.2, 0.25) is 0 Å². The zero-order chi connectivity index (χ0) is 24.5. The van der Waals surface area contributed by atoms with E-state index in [1.54, 1.807) is 12.4 Å². The van der Waals surface area contributed by atoms with E-state index in [4.69, 9.17) is 16.2 Å². The fourth-order valence-electron chi connectivity index (χ4n) is 2.27. The number of thiocarbonyl (C=S) groups is 3. The Kier molecular flexibility index (Phi) is 18.0. The summed E-state index contributed by atoms with van der Waals surface area (Å²) in [5.74, 6) is -1.00. The van der Waals surface area contributed by atoms with Gasteiger partial charge in [-0.15, -0.1) is 0 Å². The fourth-order valence-corrected chi connectivity index (χ4v) is 2.27. The number of carbonyl (C=O) groups is 1. The Labute approximate surface area is 219 Å². The number of rotatable bonds is 3. The van der Waals surface area contributed by atoms with Gasteiger partial charge in [0.25, 0.3) is 0 Å². The van der Waals surface area contributed by atoms with Gasteiger partial charge in [-0.3, -0.25) is 9.97 Å². The molecule has 3 rings (SSSR count). The molecule has 0 saturated heterocycles. The third kappa shape index (κ3) is 12.5. The number of nitrogens with zero attached hydrogens (tertiary/aromatic N) is 6. The van der Waals surface area contributed by atoms with Crippen LogP contribution in [-0.4, -0.2) is 41.5 Å². The molecule has 0 aliphatic rings. The molecular formula is C21H15N6O2RuS3. The zero-order valence-electron chi connectivity index (χ0n) is 17.2. The van der Waals surface area contributed by atoms with Crippen LogP contribution in [0.25, 0.3) is 39.0 Å². The van der Waals surface area contributed by atoms with E-state index in [1.165, 1.54) is 27.6 Å². The number of aryl methyl sites for hydroxylation is 2. The molecule has 1 N–H and O–H groups in total. The molecule has 0 fully saturated rings. The number of pyridine rings is 3. The molecule has 3 aromatic rings. The van der Waals surface area contributed by atoms with E-state index in [-0.39, 0.29) is 25.0 Å². The number of carboxylic acid groups (broad SMARTS) is 1. The topological polar surface area (TPSA) is 143 Å². The summed E-state index contributed by atoms with van der Waals surface area (Å²) in [5.41, 5.74) is 4.56. The predicted octanol–water partition coefficient (Wildman–Crippen LogP) is 5.49. The molecule has 0 spiro atoms. The van der Waals surface area contributed by atoms with Gasteiger partial charge in [0.05, 0.1) is 28.3 Å². The van der Waals surface area contributed by atoms with E-state index in [0.717, 1.165) is 11.1 Å². The summed E-state index contributed by atoms with van der Waals surface area (Å²) in [7, 11) is 0. The quantitative estimate of drug-likeness (QED) is 0.243. The average Bonchev–Trinajstić information content (AvgIpc) is 2.75. The second-order valence-corrected chi connectivity index (χ2v) is 6.19. The third-order valence-electron chi connectivity index (χ3n) is 3.43. The predicted molar refractivity (Wildman–Crippen MR) is 135 cm³/mol. The van der Waals surface area contributed by atoms with Crippen molar-refractivity contribution in [3.8, 4) is 22.8 Å². The molecule has 0 aromatic carbocycles. The molecule has 3 aromatic heterocycles. The van der Waals surface area contributed by atoms with Crippen LogP contribution in [0, 0.1) is 13.8 Å². The minimum absolute atomic E-state index is 0. The van der Waals surface area contributed by atoms with Crippen LogP contribution < -0.4 is 0 Å². The van der Waals surface area contributed by atoms with Gasteiger partial charge in [-0.25, -0.2) is 9.78 Å². The van der Waals surface area contributed by atoms with E-state index >= 15 is 0 Å². The number of carboxylic acids is 1. The molecule has 12 heteroatoms. The van der Waals surface area contributed by atoms with E-state index in [1.807, 2.05) is 38.1 Å². The number of aromatic nitrogens is 3. The first kappa shape index (κ1) is 32.1. The summed E-state index contributed by atoms with van der Waals surface area (Å²) in [4.78, 5) is 24.6. The van der Waals surface area contributed by atoms with E-state index in [9.17, 15) is 9.90 Å². The van der Waals surface area contributed by atoms with Crippen LogP contribution >= 0.6 is 36.7 Å². The van der Waals surface area contributed by atoms with Crippen molar-refractivity contribution in [2.75, 3.05) is 0 Å². The van der Waals surface area contributed by atoms with Crippen LogP contribution in [0.5, 0.6) is 0 Å². The number of isothiocyanates is 3. The Morgan fingerprint density at radius 3 is 1.39 bits per heavy atom. The molecule has 0 amide bonds. The molecule has 0 bridgehead atoms. The first-order chi connectivity index (χ1) is 15.3. The summed E-state index contributed by atoms with van der Waals surface area (Å²) in [6.45, 7) is 3.91. The summed E-state index contributed by atoms with van der Waals surface area (Å²) in [5, 5.41) is 34.8. The molecule has 1 radical (unpaired) electrons. The largest absolute Gasteiger partial charge is 3.00 e. The van der Waals surface area contributed by atoms with Crippen molar-refractivity contribution >= 4 is 58.1 Å². The number of hydrogen-bond donors (Lipinski definition) is 1. The van der Waals surface area contributed by atoms with Crippen molar-refractivity contribution < 1.29 is 29.4 Å². The minimum atomic E-state index is -1.00. The Morgan fingerprint density at radius 1 is 0.788 bits per heavy atom. The Hall–Kier alpha value is -3.06. The van der Waals surface area contributed by atoms with E-state index < -0.39 is 5.97 Å². The molecule has 167 valence electrons. The summed E-state index contributed by atoms with van der Waals surface area (Å²) < 4.78 is 0. The summed E-state index contributed by atoms with van der Waals surface area (Å²) in [6, 6.07) is 10.6. The second-order valence-electron chi connectivity index (χ2n) is 5.64. The average molecular weight is 581 g/mol. The van der Waals surface area contributed by atoms with Crippen LogP contribution in [0.15, 0.2) is 48.8 Å². The fraction of sp³-hybridized carbons (Fsp3) is 0.0952. The van der Waals surface area contributed by atoms with Crippen molar-refractivity contribution in [3.63, 3.8) is 0 Å². The van der Waals surface area contributed by atoms with Gasteiger partial charge in [0.1, 0.15) is 0 Å². The van der Waals surface area contributed by atoms with Gasteiger partial charge in [-0.05, 0) is 61.4 Å². The molecule has 33 heavy (non-hydrogen) atoms. The van der Waals surface area contributed by atoms with E-state index in [0.29, 0.717) is 22.8 Å². The third-order valence-corrected chi connectivity index (χ3v) is 3.43. The van der Waals surface area contributed by atoms with Gasteiger partial charge in [-0.1, -0.05) is 36.7 Å².